The summed E-state index contributed by atoms with van der Waals surface area (Å²) in [7, 11) is -2.53. The van der Waals surface area contributed by atoms with E-state index >= 15 is 0 Å². The minimum absolute atomic E-state index is 0.0185. The molecule has 10 heteroatoms. The van der Waals surface area contributed by atoms with Crippen molar-refractivity contribution in [1.82, 2.24) is 4.72 Å². The van der Waals surface area contributed by atoms with Gasteiger partial charge in [0.15, 0.2) is 23.3 Å². The molecule has 1 aliphatic rings. The topological polar surface area (TPSA) is 125 Å². The number of sulfonamides is 1. The highest BCUT2D eigenvalue weighted by atomic mass is 32.2. The van der Waals surface area contributed by atoms with E-state index in [1.807, 2.05) is 0 Å². The minimum atomic E-state index is -3.99. The van der Waals surface area contributed by atoms with Crippen LogP contribution in [-0.4, -0.2) is 15.5 Å². The van der Waals surface area contributed by atoms with Crippen molar-refractivity contribution in [3.8, 4) is 22.8 Å². The number of nitrogens with one attached hydrogen (secondary N) is 1. The lowest BCUT2D eigenvalue weighted by atomic mass is 9.98. The summed E-state index contributed by atoms with van der Waals surface area (Å²) in [5.41, 5.74) is 0.598. The summed E-state index contributed by atoms with van der Waals surface area (Å²) in [5.74, 6) is 0.940. The first kappa shape index (κ1) is 24.7. The van der Waals surface area contributed by atoms with Crippen LogP contribution < -0.4 is 25.4 Å². The first-order valence-electron chi connectivity index (χ1n) is 11.9. The highest BCUT2D eigenvalue weighted by Gasteiger charge is 2.33. The number of benzene rings is 3. The van der Waals surface area contributed by atoms with Gasteiger partial charge in [-0.05, 0) is 42.0 Å². The van der Waals surface area contributed by atoms with E-state index in [4.69, 9.17) is 18.3 Å². The molecule has 1 unspecified atom stereocenters. The molecular formula is C29H21NO8S. The Hall–Kier alpha value is -4.67. The Morgan fingerprint density at radius 2 is 1.64 bits per heavy atom. The lowest BCUT2D eigenvalue weighted by Gasteiger charge is -2.28. The average molecular weight is 544 g/mol. The van der Waals surface area contributed by atoms with Gasteiger partial charge in [0, 0.05) is 23.4 Å². The summed E-state index contributed by atoms with van der Waals surface area (Å²) in [5, 5.41) is 0.592. The first-order chi connectivity index (χ1) is 18.8. The van der Waals surface area contributed by atoms with Gasteiger partial charge in [-0.3, -0.25) is 0 Å². The molecule has 3 heterocycles. The fourth-order valence-corrected chi connectivity index (χ4v) is 5.75. The maximum absolute atomic E-state index is 13.2. The van der Waals surface area contributed by atoms with Gasteiger partial charge in [0.1, 0.15) is 5.75 Å². The zero-order chi connectivity index (χ0) is 27.1. The van der Waals surface area contributed by atoms with Gasteiger partial charge in [-0.1, -0.05) is 42.5 Å². The van der Waals surface area contributed by atoms with Crippen LogP contribution in [0.15, 0.2) is 108 Å². The van der Waals surface area contributed by atoms with Crippen LogP contribution in [0.1, 0.15) is 22.9 Å². The van der Waals surface area contributed by atoms with Crippen molar-refractivity contribution in [3.63, 3.8) is 0 Å². The minimum Gasteiger partial charge on any atom is -0.493 e. The van der Waals surface area contributed by atoms with Crippen molar-refractivity contribution in [2.45, 2.75) is 17.5 Å². The van der Waals surface area contributed by atoms with E-state index in [-0.39, 0.29) is 28.2 Å². The van der Waals surface area contributed by atoms with E-state index in [1.165, 1.54) is 25.3 Å². The highest BCUT2D eigenvalue weighted by Crippen LogP contribution is 2.41. The molecule has 5 aromatic rings. The molecule has 0 aliphatic carbocycles. The van der Waals surface area contributed by atoms with Crippen molar-refractivity contribution >= 4 is 21.0 Å². The van der Waals surface area contributed by atoms with E-state index in [1.54, 1.807) is 66.7 Å². The molecule has 2 aromatic heterocycles. The number of methoxy groups -OCH3 is 1. The van der Waals surface area contributed by atoms with E-state index < -0.39 is 27.5 Å². The zero-order valence-electron chi connectivity index (χ0n) is 20.5. The maximum Gasteiger partial charge on any atom is 0.339 e. The lowest BCUT2D eigenvalue weighted by molar-refractivity contribution is 0.185. The normalized spacial score (nSPS) is 14.3. The van der Waals surface area contributed by atoms with Crippen molar-refractivity contribution in [2.75, 3.05) is 7.11 Å². The van der Waals surface area contributed by atoms with Crippen molar-refractivity contribution in [3.05, 3.63) is 122 Å². The molecule has 1 atom stereocenters. The Morgan fingerprint density at radius 1 is 0.872 bits per heavy atom. The van der Waals surface area contributed by atoms with Crippen molar-refractivity contribution in [2.24, 2.45) is 0 Å². The van der Waals surface area contributed by atoms with Gasteiger partial charge in [0.05, 0.1) is 23.1 Å². The second kappa shape index (κ2) is 9.57. The molecule has 9 nitrogen and oxygen atoms in total. The molecule has 0 amide bonds. The average Bonchev–Trinajstić information content (AvgIpc) is 2.93. The number of hydrogen-bond donors (Lipinski definition) is 1. The molecule has 0 bridgehead atoms. The van der Waals surface area contributed by atoms with E-state index in [0.717, 1.165) is 0 Å². The van der Waals surface area contributed by atoms with Crippen LogP contribution in [0.4, 0.5) is 0 Å². The molecule has 0 radical (unpaired) electrons. The van der Waals surface area contributed by atoms with Crippen LogP contribution in [0.2, 0.25) is 0 Å². The SMILES string of the molecule is COc1cccc2c(Cc3cc4c(oc3=O)-c3ccccc3OC4NS(=O)(=O)c3ccccc3)cc(=O)oc12. The maximum atomic E-state index is 13.2. The fourth-order valence-electron chi connectivity index (χ4n) is 4.64. The third-order valence-corrected chi connectivity index (χ3v) is 7.86. The molecule has 1 N–H and O–H groups in total. The second-order valence-electron chi connectivity index (χ2n) is 8.88. The summed E-state index contributed by atoms with van der Waals surface area (Å²) in [6, 6.07) is 22.8. The second-order valence-corrected chi connectivity index (χ2v) is 10.6. The monoisotopic (exact) mass is 543 g/mol. The molecule has 39 heavy (non-hydrogen) atoms. The molecule has 0 spiro atoms. The van der Waals surface area contributed by atoms with Crippen LogP contribution in [0, 0.1) is 0 Å². The van der Waals surface area contributed by atoms with Gasteiger partial charge in [0.25, 0.3) is 0 Å². The number of ether oxygens (including phenoxy) is 2. The Labute approximate surface area is 222 Å². The van der Waals surface area contributed by atoms with E-state index in [9.17, 15) is 18.0 Å². The van der Waals surface area contributed by atoms with Crippen molar-refractivity contribution in [1.29, 1.82) is 0 Å². The summed E-state index contributed by atoms with van der Waals surface area (Å²) in [6.45, 7) is 0. The summed E-state index contributed by atoms with van der Waals surface area (Å²) >= 11 is 0. The molecule has 0 saturated heterocycles. The van der Waals surface area contributed by atoms with Gasteiger partial charge < -0.3 is 18.3 Å². The van der Waals surface area contributed by atoms with Gasteiger partial charge in [-0.25, -0.2) is 18.0 Å². The number of hydrogen-bond acceptors (Lipinski definition) is 8. The Kier molecular flexibility index (Phi) is 6.05. The molecule has 0 fully saturated rings. The first-order valence-corrected chi connectivity index (χ1v) is 13.4. The molecule has 6 rings (SSSR count). The smallest absolute Gasteiger partial charge is 0.339 e. The molecule has 196 valence electrons. The third kappa shape index (κ3) is 4.49. The Morgan fingerprint density at radius 3 is 2.44 bits per heavy atom. The zero-order valence-corrected chi connectivity index (χ0v) is 21.4. The predicted octanol–water partition coefficient (Wildman–Crippen LogP) is 4.38. The van der Waals surface area contributed by atoms with Gasteiger partial charge in [-0.2, -0.15) is 4.72 Å². The molecular weight excluding hydrogens is 522 g/mol. The Balaban J connectivity index is 1.47. The molecule has 3 aromatic carbocycles. The number of para-hydroxylation sites is 2. The van der Waals surface area contributed by atoms with E-state index in [0.29, 0.717) is 33.6 Å². The molecule has 0 saturated carbocycles. The largest absolute Gasteiger partial charge is 0.493 e. The number of fused-ring (bicyclic) bond motifs is 4. The van der Waals surface area contributed by atoms with Crippen LogP contribution in [0.25, 0.3) is 22.3 Å². The van der Waals surface area contributed by atoms with Crippen LogP contribution in [0.5, 0.6) is 11.5 Å². The predicted molar refractivity (Wildman–Crippen MR) is 142 cm³/mol. The van der Waals surface area contributed by atoms with E-state index in [2.05, 4.69) is 4.72 Å². The number of rotatable bonds is 6. The Bertz CT molecular complexity index is 1940. The van der Waals surface area contributed by atoms with Crippen LogP contribution in [-0.2, 0) is 16.4 Å². The molecule has 1 aliphatic heterocycles. The quantitative estimate of drug-likeness (QED) is 0.313. The lowest BCUT2D eigenvalue weighted by Crippen LogP contribution is -2.34. The van der Waals surface area contributed by atoms with Gasteiger partial charge in [0.2, 0.25) is 10.0 Å². The van der Waals surface area contributed by atoms with Gasteiger partial charge in [-0.15, -0.1) is 0 Å². The summed E-state index contributed by atoms with van der Waals surface area (Å²) in [4.78, 5) is 25.6. The highest BCUT2D eigenvalue weighted by molar-refractivity contribution is 7.89. The summed E-state index contributed by atoms with van der Waals surface area (Å²) in [6.07, 6.45) is -1.16. The standard InChI is InChI=1S/C29H21NO8S/c1-35-24-13-7-11-20-17(16-25(31)37-27(20)24)14-18-15-22-26(38-29(18)32)21-10-5-6-12-23(21)36-28(22)30-39(33,34)19-8-3-2-4-9-19/h2-13,15-16,28,30H,14H2,1H3. The van der Waals surface area contributed by atoms with Gasteiger partial charge >= 0.3 is 11.3 Å². The van der Waals surface area contributed by atoms with Crippen LogP contribution in [0.3, 0.4) is 0 Å². The van der Waals surface area contributed by atoms with Crippen molar-refractivity contribution < 1.29 is 26.7 Å². The summed E-state index contributed by atoms with van der Waals surface area (Å²) < 4.78 is 51.4. The third-order valence-electron chi connectivity index (χ3n) is 6.44. The fraction of sp³-hybridized carbons (Fsp3) is 0.103. The van der Waals surface area contributed by atoms with Crippen LogP contribution >= 0.6 is 0 Å².